The van der Waals surface area contributed by atoms with Gasteiger partial charge in [-0.2, -0.15) is 0 Å². The molecule has 0 spiro atoms. The number of aliphatic hydroxyl groups excluding tert-OH is 1. The first-order chi connectivity index (χ1) is 12.6. The lowest BCUT2D eigenvalue weighted by molar-refractivity contribution is -0.115. The second kappa shape index (κ2) is 8.13. The number of Topliss-reactive ketones (excluding diaryl/α,β-unsaturated/α-hetero) is 1. The van der Waals surface area contributed by atoms with Gasteiger partial charge in [0.15, 0.2) is 5.78 Å². The van der Waals surface area contributed by atoms with Crippen molar-refractivity contribution in [2.75, 3.05) is 0 Å². The van der Waals surface area contributed by atoms with Crippen molar-refractivity contribution in [1.82, 2.24) is 0 Å². The molecule has 26 heavy (non-hydrogen) atoms. The summed E-state index contributed by atoms with van der Waals surface area (Å²) in [7, 11) is 0. The molecule has 0 unspecified atom stereocenters. The number of aliphatic imine (C=N–C) groups is 1. The van der Waals surface area contributed by atoms with Crippen LogP contribution in [0.25, 0.3) is 0 Å². The van der Waals surface area contributed by atoms with E-state index in [2.05, 4.69) is 12.1 Å². The Balaban J connectivity index is 2.05. The molecule has 1 fully saturated rings. The normalized spacial score (nSPS) is 21.1. The van der Waals surface area contributed by atoms with Crippen molar-refractivity contribution < 1.29 is 9.90 Å². The molecule has 2 aromatic rings. The second-order valence-electron chi connectivity index (χ2n) is 6.86. The molecule has 0 radical (unpaired) electrons. The molecule has 0 amide bonds. The SMILES string of the molecule is CCC/C(O)=C1\C(=O)C[C@H](c2ccccc2)CC1=Nc1ccccc1C. The van der Waals surface area contributed by atoms with Crippen molar-refractivity contribution in [2.45, 2.75) is 45.4 Å². The highest BCUT2D eigenvalue weighted by molar-refractivity contribution is 6.25. The second-order valence-corrected chi connectivity index (χ2v) is 6.86. The first kappa shape index (κ1) is 18.1. The van der Waals surface area contributed by atoms with E-state index >= 15 is 0 Å². The van der Waals surface area contributed by atoms with Gasteiger partial charge in [-0.25, -0.2) is 0 Å². The van der Waals surface area contributed by atoms with Crippen LogP contribution < -0.4 is 0 Å². The average Bonchev–Trinajstić information content (AvgIpc) is 2.64. The zero-order chi connectivity index (χ0) is 18.5. The van der Waals surface area contributed by atoms with Gasteiger partial charge in [0.2, 0.25) is 0 Å². The van der Waals surface area contributed by atoms with E-state index in [1.807, 2.05) is 56.3 Å². The van der Waals surface area contributed by atoms with Crippen molar-refractivity contribution in [3.05, 3.63) is 77.1 Å². The van der Waals surface area contributed by atoms with Crippen molar-refractivity contribution >= 4 is 17.2 Å². The highest BCUT2D eigenvalue weighted by Crippen LogP contribution is 2.35. The lowest BCUT2D eigenvalue weighted by atomic mass is 9.78. The van der Waals surface area contributed by atoms with Gasteiger partial charge >= 0.3 is 0 Å². The molecule has 1 saturated carbocycles. The Kier molecular flexibility index (Phi) is 5.67. The standard InChI is InChI=1S/C23H25NO2/c1-3-9-21(25)23-20(24-19-13-8-7-10-16(19)2)14-18(15-22(23)26)17-11-5-4-6-12-17/h4-8,10-13,18,25H,3,9,14-15H2,1-2H3/b23-21+,24-20?/t18-/m1/s1. The van der Waals surface area contributed by atoms with Crippen LogP contribution in [-0.2, 0) is 4.79 Å². The first-order valence-corrected chi connectivity index (χ1v) is 9.24. The van der Waals surface area contributed by atoms with E-state index < -0.39 is 0 Å². The van der Waals surface area contributed by atoms with Gasteiger partial charge in [0, 0.05) is 12.8 Å². The highest BCUT2D eigenvalue weighted by atomic mass is 16.3. The van der Waals surface area contributed by atoms with E-state index in [-0.39, 0.29) is 17.5 Å². The maximum Gasteiger partial charge on any atom is 0.168 e. The number of benzene rings is 2. The van der Waals surface area contributed by atoms with Gasteiger partial charge in [-0.15, -0.1) is 0 Å². The Morgan fingerprint density at radius 3 is 2.46 bits per heavy atom. The quantitative estimate of drug-likeness (QED) is 0.559. The van der Waals surface area contributed by atoms with Crippen LogP contribution in [0.4, 0.5) is 5.69 Å². The summed E-state index contributed by atoms with van der Waals surface area (Å²) in [6.07, 6.45) is 2.37. The minimum absolute atomic E-state index is 0.0108. The Bertz CT molecular complexity index is 850. The number of carbonyl (C=O) groups excluding carboxylic acids is 1. The van der Waals surface area contributed by atoms with Gasteiger partial charge in [-0.05, 0) is 42.9 Å². The molecule has 2 aromatic carbocycles. The summed E-state index contributed by atoms with van der Waals surface area (Å²) in [5, 5.41) is 10.5. The highest BCUT2D eigenvalue weighted by Gasteiger charge is 2.32. The zero-order valence-electron chi connectivity index (χ0n) is 15.4. The topological polar surface area (TPSA) is 49.7 Å². The Morgan fingerprint density at radius 1 is 1.08 bits per heavy atom. The van der Waals surface area contributed by atoms with Gasteiger partial charge in [0.25, 0.3) is 0 Å². The Morgan fingerprint density at radius 2 is 1.77 bits per heavy atom. The summed E-state index contributed by atoms with van der Waals surface area (Å²) in [4.78, 5) is 17.7. The molecule has 0 aromatic heterocycles. The molecule has 0 bridgehead atoms. The largest absolute Gasteiger partial charge is 0.511 e. The van der Waals surface area contributed by atoms with E-state index in [0.29, 0.717) is 30.5 Å². The Labute approximate surface area is 155 Å². The van der Waals surface area contributed by atoms with E-state index in [1.54, 1.807) is 0 Å². The third kappa shape index (κ3) is 3.93. The molecule has 134 valence electrons. The molecule has 1 aliphatic rings. The number of rotatable bonds is 4. The van der Waals surface area contributed by atoms with E-state index in [0.717, 1.165) is 23.2 Å². The number of allylic oxidation sites excluding steroid dienone is 2. The van der Waals surface area contributed by atoms with Crippen LogP contribution in [0.5, 0.6) is 0 Å². The fourth-order valence-electron chi connectivity index (χ4n) is 3.48. The van der Waals surface area contributed by atoms with Gasteiger partial charge in [-0.1, -0.05) is 55.5 Å². The summed E-state index contributed by atoms with van der Waals surface area (Å²) in [5.74, 6) is 0.268. The number of aryl methyl sites for hydroxylation is 1. The number of carbonyl (C=O) groups is 1. The van der Waals surface area contributed by atoms with Crippen LogP contribution in [0.1, 0.15) is 49.7 Å². The zero-order valence-corrected chi connectivity index (χ0v) is 15.4. The molecular weight excluding hydrogens is 322 g/mol. The number of ketones is 1. The van der Waals surface area contributed by atoms with Crippen LogP contribution in [-0.4, -0.2) is 16.6 Å². The van der Waals surface area contributed by atoms with Gasteiger partial charge in [0.05, 0.1) is 17.0 Å². The van der Waals surface area contributed by atoms with Crippen LogP contribution in [0.15, 0.2) is 70.9 Å². The molecule has 3 rings (SSSR count). The van der Waals surface area contributed by atoms with E-state index in [4.69, 9.17) is 4.99 Å². The number of para-hydroxylation sites is 1. The van der Waals surface area contributed by atoms with Crippen LogP contribution in [0, 0.1) is 6.92 Å². The number of hydrogen-bond acceptors (Lipinski definition) is 3. The number of hydrogen-bond donors (Lipinski definition) is 1. The van der Waals surface area contributed by atoms with Crippen molar-refractivity contribution in [2.24, 2.45) is 4.99 Å². The summed E-state index contributed by atoms with van der Waals surface area (Å²) in [6, 6.07) is 18.0. The third-order valence-corrected chi connectivity index (χ3v) is 4.86. The van der Waals surface area contributed by atoms with Crippen LogP contribution >= 0.6 is 0 Å². The minimum Gasteiger partial charge on any atom is -0.511 e. The smallest absolute Gasteiger partial charge is 0.168 e. The minimum atomic E-state index is -0.0108. The molecule has 1 atom stereocenters. The molecule has 3 heteroatoms. The summed E-state index contributed by atoms with van der Waals surface area (Å²) in [5.41, 5.74) is 4.19. The third-order valence-electron chi connectivity index (χ3n) is 4.86. The fourth-order valence-corrected chi connectivity index (χ4v) is 3.48. The molecule has 1 N–H and O–H groups in total. The van der Waals surface area contributed by atoms with E-state index in [9.17, 15) is 9.90 Å². The van der Waals surface area contributed by atoms with Crippen molar-refractivity contribution in [3.63, 3.8) is 0 Å². The lowest BCUT2D eigenvalue weighted by Gasteiger charge is -2.26. The molecular formula is C23H25NO2. The first-order valence-electron chi connectivity index (χ1n) is 9.24. The summed E-state index contributed by atoms with van der Waals surface area (Å²) in [6.45, 7) is 4.00. The molecule has 1 aliphatic carbocycles. The molecule has 3 nitrogen and oxygen atoms in total. The van der Waals surface area contributed by atoms with Gasteiger partial charge in [0.1, 0.15) is 5.76 Å². The summed E-state index contributed by atoms with van der Waals surface area (Å²) >= 11 is 0. The van der Waals surface area contributed by atoms with Crippen molar-refractivity contribution in [1.29, 1.82) is 0 Å². The van der Waals surface area contributed by atoms with Crippen LogP contribution in [0.3, 0.4) is 0 Å². The Hall–Kier alpha value is -2.68. The monoisotopic (exact) mass is 347 g/mol. The predicted octanol–water partition coefficient (Wildman–Crippen LogP) is 5.83. The molecule has 0 aliphatic heterocycles. The van der Waals surface area contributed by atoms with Gasteiger partial charge in [-0.3, -0.25) is 9.79 Å². The predicted molar refractivity (Wildman–Crippen MR) is 106 cm³/mol. The lowest BCUT2D eigenvalue weighted by Crippen LogP contribution is -2.26. The number of aliphatic hydroxyl groups is 1. The van der Waals surface area contributed by atoms with E-state index in [1.165, 1.54) is 0 Å². The molecule has 0 saturated heterocycles. The maximum absolute atomic E-state index is 12.9. The maximum atomic E-state index is 12.9. The fraction of sp³-hybridized carbons (Fsp3) is 0.304. The molecule has 0 heterocycles. The van der Waals surface area contributed by atoms with Crippen molar-refractivity contribution in [3.8, 4) is 0 Å². The summed E-state index contributed by atoms with van der Waals surface area (Å²) < 4.78 is 0. The van der Waals surface area contributed by atoms with Gasteiger partial charge < -0.3 is 5.11 Å². The number of nitrogens with zero attached hydrogens (tertiary/aromatic N) is 1. The van der Waals surface area contributed by atoms with Crippen LogP contribution in [0.2, 0.25) is 0 Å². The average molecular weight is 347 g/mol.